The molecule has 17 nitrogen and oxygen atoms in total. The van der Waals surface area contributed by atoms with Crippen molar-refractivity contribution in [3.05, 3.63) is 0 Å². The Balaban J connectivity index is 2.64. The highest BCUT2D eigenvalue weighted by Gasteiger charge is 2.57. The van der Waals surface area contributed by atoms with E-state index in [4.69, 9.17) is 47.1 Å². The lowest BCUT2D eigenvalue weighted by atomic mass is 9.97. The van der Waals surface area contributed by atoms with Crippen molar-refractivity contribution in [1.82, 2.24) is 0 Å². The molecule has 0 radical (unpaired) electrons. The molecule has 0 aromatic rings. The van der Waals surface area contributed by atoms with Gasteiger partial charge in [0.05, 0.1) is 6.61 Å². The van der Waals surface area contributed by atoms with Gasteiger partial charge >= 0.3 is 35.8 Å². The first-order chi connectivity index (χ1) is 22.0. The topological polar surface area (TPSA) is 215 Å². The Morgan fingerprint density at radius 2 is 0.979 bits per heavy atom. The summed E-state index contributed by atoms with van der Waals surface area (Å²) in [6, 6.07) is 0. The number of rotatable bonds is 12. The minimum atomic E-state index is -2.42. The van der Waals surface area contributed by atoms with Gasteiger partial charge in [-0.25, -0.2) is 0 Å². The average Bonchev–Trinajstić information content (AvgIpc) is 2.91. The van der Waals surface area contributed by atoms with Gasteiger partial charge in [0.25, 0.3) is 0 Å². The number of carbonyl (C=O) groups is 6. The highest BCUT2D eigenvalue weighted by atomic mass is 28.4. The number of aliphatic hydroxyl groups excluding tert-OH is 1. The highest BCUT2D eigenvalue weighted by molar-refractivity contribution is 6.74. The normalized spacial score (nSPS) is 30.8. The average molecular weight is 709 g/mol. The Labute approximate surface area is 280 Å². The van der Waals surface area contributed by atoms with Crippen molar-refractivity contribution < 1.29 is 80.9 Å². The molecule has 10 atom stereocenters. The van der Waals surface area contributed by atoms with Gasteiger partial charge < -0.3 is 52.2 Å². The van der Waals surface area contributed by atoms with Crippen molar-refractivity contribution >= 4 is 44.1 Å². The number of hydrogen-bond acceptors (Lipinski definition) is 17. The van der Waals surface area contributed by atoms with Crippen molar-refractivity contribution in [2.45, 2.75) is 142 Å². The van der Waals surface area contributed by atoms with Crippen LogP contribution in [-0.2, 0) is 75.8 Å². The predicted molar refractivity (Wildman–Crippen MR) is 162 cm³/mol. The van der Waals surface area contributed by atoms with Gasteiger partial charge in [-0.15, -0.1) is 0 Å². The van der Waals surface area contributed by atoms with Crippen LogP contribution in [0.3, 0.4) is 0 Å². The monoisotopic (exact) mass is 708 g/mol. The van der Waals surface area contributed by atoms with Gasteiger partial charge in [0.2, 0.25) is 12.6 Å². The molecule has 1 N–H and O–H groups in total. The molecule has 2 fully saturated rings. The smallest absolute Gasteiger partial charge is 0.303 e. The van der Waals surface area contributed by atoms with Crippen molar-refractivity contribution in [2.24, 2.45) is 0 Å². The molecule has 0 aromatic heterocycles. The predicted octanol–water partition coefficient (Wildman–Crippen LogP) is 1.06. The van der Waals surface area contributed by atoms with E-state index < -0.39 is 112 Å². The Bertz CT molecular complexity index is 1180. The minimum Gasteiger partial charge on any atom is -0.463 e. The van der Waals surface area contributed by atoms with E-state index in [9.17, 15) is 33.9 Å². The fourth-order valence-corrected chi connectivity index (χ4v) is 5.73. The van der Waals surface area contributed by atoms with E-state index in [2.05, 4.69) is 0 Å². The standard InChI is InChI=1S/C30H48O17Si/c1-14(31)38-12-21-23(40-15(2)32)25(42-17(4)34)27(44-19(6)36)29(46-21)47-28-26(43-18(5)35)24(41-16(3)33)22(37)20(45-28)13-39-48(10,11)30(7,8)9/h20-29,37H,12-13H2,1-11H3/t20-,21-,22-,23-,24+,25+,26-,27-,28-,29-/m1/s1. The lowest BCUT2D eigenvalue weighted by Gasteiger charge is -2.48. The first-order valence-corrected chi connectivity index (χ1v) is 18.2. The SMILES string of the molecule is CC(=O)OC[C@H]1O[C@H](O[C@H]2O[C@H](CO[Si](C)(C)C(C)(C)C)[C@@H](O)[C@H](OC(C)=O)[C@H]2OC(C)=O)[C@H](OC(C)=O)[C@@H](OC(C)=O)[C@@H]1OC(C)=O. The molecule has 0 aromatic carbocycles. The second-order valence-corrected chi connectivity index (χ2v) is 17.8. The third kappa shape index (κ3) is 11.5. The van der Waals surface area contributed by atoms with Crippen LogP contribution in [0.5, 0.6) is 0 Å². The number of carbonyl (C=O) groups excluding carboxylic acids is 6. The zero-order valence-corrected chi connectivity index (χ0v) is 30.2. The van der Waals surface area contributed by atoms with Crippen LogP contribution in [0, 0.1) is 0 Å². The molecule has 0 unspecified atom stereocenters. The molecule has 2 aliphatic heterocycles. The highest BCUT2D eigenvalue weighted by Crippen LogP contribution is 2.38. The zero-order chi connectivity index (χ0) is 36.7. The van der Waals surface area contributed by atoms with E-state index in [1.165, 1.54) is 0 Å². The van der Waals surface area contributed by atoms with E-state index in [-0.39, 0.29) is 11.6 Å². The minimum absolute atomic E-state index is 0.194. The van der Waals surface area contributed by atoms with Gasteiger partial charge in [-0.05, 0) is 18.1 Å². The van der Waals surface area contributed by atoms with E-state index in [1.807, 2.05) is 33.9 Å². The molecule has 48 heavy (non-hydrogen) atoms. The Hall–Kier alpha value is -3.16. The fraction of sp³-hybridized carbons (Fsp3) is 0.800. The first kappa shape index (κ1) is 41.0. The summed E-state index contributed by atoms with van der Waals surface area (Å²) in [7, 11) is -2.42. The molecule has 2 rings (SSSR count). The van der Waals surface area contributed by atoms with Gasteiger partial charge in [0.15, 0.2) is 38.8 Å². The lowest BCUT2D eigenvalue weighted by Crippen LogP contribution is -2.66. The zero-order valence-electron chi connectivity index (χ0n) is 29.2. The van der Waals surface area contributed by atoms with Crippen LogP contribution in [0.15, 0.2) is 0 Å². The van der Waals surface area contributed by atoms with Crippen LogP contribution in [0.1, 0.15) is 62.3 Å². The summed E-state index contributed by atoms with van der Waals surface area (Å²) in [5.41, 5.74) is 0. The van der Waals surface area contributed by atoms with Crippen LogP contribution in [0.2, 0.25) is 18.1 Å². The molecular formula is C30H48O17Si. The Kier molecular flexibility index (Phi) is 14.5. The largest absolute Gasteiger partial charge is 0.463 e. The molecule has 0 saturated carbocycles. The van der Waals surface area contributed by atoms with Gasteiger partial charge in [0, 0.05) is 41.5 Å². The van der Waals surface area contributed by atoms with Crippen LogP contribution >= 0.6 is 0 Å². The van der Waals surface area contributed by atoms with Gasteiger partial charge in [0.1, 0.15) is 24.9 Å². The van der Waals surface area contributed by atoms with Crippen LogP contribution in [0.25, 0.3) is 0 Å². The van der Waals surface area contributed by atoms with Crippen LogP contribution in [0.4, 0.5) is 0 Å². The third-order valence-corrected chi connectivity index (χ3v) is 12.4. The Morgan fingerprint density at radius 3 is 1.42 bits per heavy atom. The van der Waals surface area contributed by atoms with E-state index in [0.717, 1.165) is 41.5 Å². The third-order valence-electron chi connectivity index (χ3n) is 7.85. The molecule has 2 saturated heterocycles. The number of ether oxygens (including phenoxy) is 9. The second kappa shape index (κ2) is 17.0. The van der Waals surface area contributed by atoms with Crippen molar-refractivity contribution in [3.63, 3.8) is 0 Å². The van der Waals surface area contributed by atoms with Crippen molar-refractivity contribution in [2.75, 3.05) is 13.2 Å². The summed E-state index contributed by atoms with van der Waals surface area (Å²) in [6.07, 6.45) is -15.4. The number of hydrogen-bond donors (Lipinski definition) is 1. The quantitative estimate of drug-likeness (QED) is 0.170. The summed E-state index contributed by atoms with van der Waals surface area (Å²) in [4.78, 5) is 72.7. The molecule has 274 valence electrons. The van der Waals surface area contributed by atoms with E-state index >= 15 is 0 Å². The number of aliphatic hydroxyl groups is 1. The molecular weight excluding hydrogens is 660 g/mol. The fourth-order valence-electron chi connectivity index (χ4n) is 4.72. The van der Waals surface area contributed by atoms with Gasteiger partial charge in [-0.3, -0.25) is 28.8 Å². The molecule has 0 spiro atoms. The molecule has 18 heteroatoms. The molecule has 0 bridgehead atoms. The summed E-state index contributed by atoms with van der Waals surface area (Å²) in [5.74, 6) is -5.00. The summed E-state index contributed by atoms with van der Waals surface area (Å²) in [5, 5.41) is 11.1. The molecule has 0 amide bonds. The maximum absolute atomic E-state index is 12.3. The van der Waals surface area contributed by atoms with E-state index in [1.54, 1.807) is 0 Å². The van der Waals surface area contributed by atoms with Gasteiger partial charge in [-0.2, -0.15) is 0 Å². The summed E-state index contributed by atoms with van der Waals surface area (Å²) in [6.45, 7) is 15.7. The van der Waals surface area contributed by atoms with Crippen LogP contribution in [-0.4, -0.2) is 124 Å². The summed E-state index contributed by atoms with van der Waals surface area (Å²) >= 11 is 0. The lowest BCUT2D eigenvalue weighted by molar-refractivity contribution is -0.377. The number of esters is 6. The molecule has 2 aliphatic rings. The van der Waals surface area contributed by atoms with Crippen molar-refractivity contribution in [1.29, 1.82) is 0 Å². The molecule has 2 heterocycles. The maximum atomic E-state index is 12.3. The van der Waals surface area contributed by atoms with Crippen molar-refractivity contribution in [3.8, 4) is 0 Å². The summed E-state index contributed by atoms with van der Waals surface area (Å²) < 4.78 is 56.7. The Morgan fingerprint density at radius 1 is 0.583 bits per heavy atom. The van der Waals surface area contributed by atoms with Crippen LogP contribution < -0.4 is 0 Å². The van der Waals surface area contributed by atoms with E-state index in [0.29, 0.717) is 0 Å². The van der Waals surface area contributed by atoms with Gasteiger partial charge in [-0.1, -0.05) is 20.8 Å². The molecule has 0 aliphatic carbocycles. The first-order valence-electron chi connectivity index (χ1n) is 15.3. The maximum Gasteiger partial charge on any atom is 0.303 e. The second-order valence-electron chi connectivity index (χ2n) is 13.0.